The molecule has 0 bridgehead atoms. The molecule has 1 aromatic heterocycles. The summed E-state index contributed by atoms with van der Waals surface area (Å²) < 4.78 is 10.3. The molecule has 7 heteroatoms. The van der Waals surface area contributed by atoms with Crippen LogP contribution in [0, 0.1) is 6.92 Å². The predicted octanol–water partition coefficient (Wildman–Crippen LogP) is 2.07. The summed E-state index contributed by atoms with van der Waals surface area (Å²) in [5.74, 6) is 3.00. The Morgan fingerprint density at radius 3 is 2.67 bits per heavy atom. The summed E-state index contributed by atoms with van der Waals surface area (Å²) in [6.45, 7) is 6.08. The number of aryl methyl sites for hydroxylation is 2. The van der Waals surface area contributed by atoms with E-state index in [1.165, 1.54) is 0 Å². The van der Waals surface area contributed by atoms with Gasteiger partial charge in [0.1, 0.15) is 5.75 Å². The minimum Gasteiger partial charge on any atom is -0.497 e. The summed E-state index contributed by atoms with van der Waals surface area (Å²) >= 11 is 0. The molecule has 24 heavy (non-hydrogen) atoms. The number of hydrogen-bond acceptors (Lipinski definition) is 5. The van der Waals surface area contributed by atoms with Gasteiger partial charge < -0.3 is 19.9 Å². The first-order chi connectivity index (χ1) is 11.7. The molecule has 0 radical (unpaired) electrons. The number of ether oxygens (including phenoxy) is 1. The van der Waals surface area contributed by atoms with Crippen LogP contribution in [-0.4, -0.2) is 36.3 Å². The number of guanidine groups is 1. The average Bonchev–Trinajstić information content (AvgIpc) is 3.02. The summed E-state index contributed by atoms with van der Waals surface area (Å²) in [6, 6.07) is 7.92. The standard InChI is InChI=1S/C17H25N5O2/c1-4-18-17(19-11-5-6-16-21-13(2)22-24-16)20-12-14-7-9-15(23-3)10-8-14/h7-10H,4-6,11-12H2,1-3H3,(H2,18,19,20). The van der Waals surface area contributed by atoms with E-state index >= 15 is 0 Å². The van der Waals surface area contributed by atoms with Crippen LogP contribution in [0.1, 0.15) is 30.6 Å². The molecule has 0 spiro atoms. The van der Waals surface area contributed by atoms with Gasteiger partial charge >= 0.3 is 0 Å². The molecule has 0 atom stereocenters. The van der Waals surface area contributed by atoms with E-state index in [-0.39, 0.29) is 0 Å². The van der Waals surface area contributed by atoms with Crippen LogP contribution in [0.5, 0.6) is 5.75 Å². The second kappa shape index (κ2) is 9.54. The third-order valence-electron chi connectivity index (χ3n) is 3.35. The molecule has 1 aromatic carbocycles. The minimum absolute atomic E-state index is 0.613. The van der Waals surface area contributed by atoms with Crippen LogP contribution in [0.15, 0.2) is 33.8 Å². The first kappa shape index (κ1) is 17.8. The normalized spacial score (nSPS) is 11.4. The van der Waals surface area contributed by atoms with Crippen molar-refractivity contribution < 1.29 is 9.26 Å². The highest BCUT2D eigenvalue weighted by Crippen LogP contribution is 2.11. The lowest BCUT2D eigenvalue weighted by Crippen LogP contribution is -2.37. The van der Waals surface area contributed by atoms with Crippen LogP contribution in [0.2, 0.25) is 0 Å². The molecule has 2 rings (SSSR count). The quantitative estimate of drug-likeness (QED) is 0.438. The van der Waals surface area contributed by atoms with Gasteiger partial charge in [-0.3, -0.25) is 0 Å². The van der Waals surface area contributed by atoms with Crippen LogP contribution >= 0.6 is 0 Å². The molecular formula is C17H25N5O2. The van der Waals surface area contributed by atoms with E-state index in [4.69, 9.17) is 9.26 Å². The zero-order chi connectivity index (χ0) is 17.2. The van der Waals surface area contributed by atoms with Crippen molar-refractivity contribution in [2.75, 3.05) is 20.2 Å². The Kier molecular flexibility index (Phi) is 7.07. The Labute approximate surface area is 142 Å². The molecule has 0 saturated heterocycles. The van der Waals surface area contributed by atoms with Gasteiger partial charge in [0.25, 0.3) is 0 Å². The molecule has 0 aliphatic carbocycles. The lowest BCUT2D eigenvalue weighted by Gasteiger charge is -2.11. The zero-order valence-electron chi connectivity index (χ0n) is 14.5. The third kappa shape index (κ3) is 5.91. The fourth-order valence-electron chi connectivity index (χ4n) is 2.13. The van der Waals surface area contributed by atoms with E-state index in [9.17, 15) is 0 Å². The largest absolute Gasteiger partial charge is 0.497 e. The average molecular weight is 331 g/mol. The van der Waals surface area contributed by atoms with Crippen LogP contribution in [0.25, 0.3) is 0 Å². The van der Waals surface area contributed by atoms with Gasteiger partial charge in [0, 0.05) is 19.5 Å². The molecule has 130 valence electrons. The molecule has 0 unspecified atom stereocenters. The van der Waals surface area contributed by atoms with Gasteiger partial charge in [0.05, 0.1) is 13.7 Å². The van der Waals surface area contributed by atoms with E-state index < -0.39 is 0 Å². The summed E-state index contributed by atoms with van der Waals surface area (Å²) in [6.07, 6.45) is 1.65. The van der Waals surface area contributed by atoms with Gasteiger partial charge in [0.15, 0.2) is 11.8 Å². The molecule has 0 amide bonds. The lowest BCUT2D eigenvalue weighted by molar-refractivity contribution is 0.372. The molecule has 0 fully saturated rings. The Morgan fingerprint density at radius 2 is 2.04 bits per heavy atom. The monoisotopic (exact) mass is 331 g/mol. The first-order valence-corrected chi connectivity index (χ1v) is 8.15. The second-order valence-electron chi connectivity index (χ2n) is 5.31. The van der Waals surface area contributed by atoms with Gasteiger partial charge in [-0.05, 0) is 38.0 Å². The number of aliphatic imine (C=N–C) groups is 1. The third-order valence-corrected chi connectivity index (χ3v) is 3.35. The van der Waals surface area contributed by atoms with E-state index in [1.807, 2.05) is 38.1 Å². The molecule has 0 saturated carbocycles. The van der Waals surface area contributed by atoms with Gasteiger partial charge in [0.2, 0.25) is 5.89 Å². The Bertz CT molecular complexity index is 637. The first-order valence-electron chi connectivity index (χ1n) is 8.15. The fourth-order valence-corrected chi connectivity index (χ4v) is 2.13. The topological polar surface area (TPSA) is 84.6 Å². The molecule has 1 heterocycles. The van der Waals surface area contributed by atoms with Crippen LogP contribution in [0.3, 0.4) is 0 Å². The van der Waals surface area contributed by atoms with Crippen molar-refractivity contribution in [1.29, 1.82) is 0 Å². The number of aromatic nitrogens is 2. The van der Waals surface area contributed by atoms with Crippen molar-refractivity contribution in [3.8, 4) is 5.75 Å². The van der Waals surface area contributed by atoms with Crippen LogP contribution < -0.4 is 15.4 Å². The maximum Gasteiger partial charge on any atom is 0.226 e. The zero-order valence-corrected chi connectivity index (χ0v) is 14.5. The van der Waals surface area contributed by atoms with Crippen molar-refractivity contribution in [2.45, 2.75) is 33.2 Å². The number of benzene rings is 1. The van der Waals surface area contributed by atoms with Crippen LogP contribution in [0.4, 0.5) is 0 Å². The van der Waals surface area contributed by atoms with Gasteiger partial charge in [-0.15, -0.1) is 0 Å². The van der Waals surface area contributed by atoms with Crippen molar-refractivity contribution in [3.63, 3.8) is 0 Å². The highest BCUT2D eigenvalue weighted by molar-refractivity contribution is 5.79. The predicted molar refractivity (Wildman–Crippen MR) is 93.2 cm³/mol. The maximum atomic E-state index is 5.16. The number of nitrogens with one attached hydrogen (secondary N) is 2. The highest BCUT2D eigenvalue weighted by Gasteiger charge is 2.03. The summed E-state index contributed by atoms with van der Waals surface area (Å²) in [5, 5.41) is 10.3. The summed E-state index contributed by atoms with van der Waals surface area (Å²) in [5.41, 5.74) is 1.13. The molecule has 7 nitrogen and oxygen atoms in total. The molecule has 2 aromatic rings. The molecular weight excluding hydrogens is 306 g/mol. The Hall–Kier alpha value is -2.57. The lowest BCUT2D eigenvalue weighted by atomic mass is 10.2. The highest BCUT2D eigenvalue weighted by atomic mass is 16.5. The number of methoxy groups -OCH3 is 1. The maximum absolute atomic E-state index is 5.16. The SMILES string of the molecule is CCNC(=NCc1ccc(OC)cc1)NCCCc1nc(C)no1. The van der Waals surface area contributed by atoms with Gasteiger partial charge in [-0.2, -0.15) is 4.98 Å². The smallest absolute Gasteiger partial charge is 0.226 e. The van der Waals surface area contributed by atoms with E-state index in [2.05, 4.69) is 25.8 Å². The van der Waals surface area contributed by atoms with E-state index in [1.54, 1.807) is 7.11 Å². The van der Waals surface area contributed by atoms with E-state index in [0.29, 0.717) is 18.3 Å². The van der Waals surface area contributed by atoms with E-state index in [0.717, 1.165) is 43.2 Å². The van der Waals surface area contributed by atoms with Crippen molar-refractivity contribution >= 4 is 5.96 Å². The summed E-state index contributed by atoms with van der Waals surface area (Å²) in [4.78, 5) is 8.78. The van der Waals surface area contributed by atoms with Gasteiger partial charge in [-0.1, -0.05) is 17.3 Å². The van der Waals surface area contributed by atoms with Crippen molar-refractivity contribution in [1.82, 2.24) is 20.8 Å². The number of rotatable bonds is 8. The second-order valence-corrected chi connectivity index (χ2v) is 5.31. The Morgan fingerprint density at radius 1 is 1.25 bits per heavy atom. The molecule has 0 aliphatic heterocycles. The number of hydrogen-bond donors (Lipinski definition) is 2. The molecule has 0 aliphatic rings. The Balaban J connectivity index is 1.78. The minimum atomic E-state index is 0.613. The van der Waals surface area contributed by atoms with Crippen molar-refractivity contribution in [2.24, 2.45) is 4.99 Å². The van der Waals surface area contributed by atoms with Gasteiger partial charge in [-0.25, -0.2) is 4.99 Å². The molecule has 2 N–H and O–H groups in total. The number of nitrogens with zero attached hydrogens (tertiary/aromatic N) is 3. The van der Waals surface area contributed by atoms with Crippen molar-refractivity contribution in [3.05, 3.63) is 41.5 Å². The summed E-state index contributed by atoms with van der Waals surface area (Å²) in [7, 11) is 1.66. The fraction of sp³-hybridized carbons (Fsp3) is 0.471. The van der Waals surface area contributed by atoms with Crippen LogP contribution in [-0.2, 0) is 13.0 Å².